The van der Waals surface area contributed by atoms with Gasteiger partial charge in [0.2, 0.25) is 0 Å². The molecule has 2 aliphatic carbocycles. The maximum atomic E-state index is 12.3. The first-order valence-electron chi connectivity index (χ1n) is 12.9. The van der Waals surface area contributed by atoms with E-state index in [4.69, 9.17) is 4.74 Å². The van der Waals surface area contributed by atoms with E-state index in [9.17, 15) is 30.0 Å². The highest BCUT2D eigenvalue weighted by Crippen LogP contribution is 2.62. The lowest BCUT2D eigenvalue weighted by Gasteiger charge is -2.57. The van der Waals surface area contributed by atoms with Gasteiger partial charge in [-0.05, 0) is 91.9 Å². The summed E-state index contributed by atoms with van der Waals surface area (Å²) in [4.78, 5) is 24.3. The number of carboxylic acids is 1. The first kappa shape index (κ1) is 27.8. The molecular formula is C29H40O7. The van der Waals surface area contributed by atoms with Crippen LogP contribution in [-0.4, -0.2) is 45.6 Å². The lowest BCUT2D eigenvalue weighted by atomic mass is 9.46. The first-order valence-corrected chi connectivity index (χ1v) is 12.9. The minimum absolute atomic E-state index is 0.000325. The summed E-state index contributed by atoms with van der Waals surface area (Å²) in [5, 5.41) is 38.4. The number of phenolic OH excluding ortho intramolecular Hbond substituents is 2. The molecule has 2 aliphatic rings. The van der Waals surface area contributed by atoms with Crippen molar-refractivity contribution >= 4 is 18.0 Å². The largest absolute Gasteiger partial charge is 0.504 e. The molecular weight excluding hydrogens is 460 g/mol. The monoisotopic (exact) mass is 500 g/mol. The molecule has 7 nitrogen and oxygen atoms in total. The predicted octanol–water partition coefficient (Wildman–Crippen LogP) is 5.30. The van der Waals surface area contributed by atoms with Crippen LogP contribution in [0.2, 0.25) is 0 Å². The standard InChI is InChI=1S/C29H40O7/c1-19-11-14-29(3)22(27(34)35)5-4-6-25(29)28(19,2)15-12-21(13-16-30)18-36-26(33)10-8-20-7-9-23(31)24(32)17-20/h5,7-10,17,19,21,25,30-32H,4,6,11-16,18H2,1-3H3,(H,34,35)/t19-,21-,25+,28-,29-/m0/s1. The summed E-state index contributed by atoms with van der Waals surface area (Å²) in [6.07, 6.45) is 10.5. The number of rotatable bonds is 10. The molecule has 0 saturated heterocycles. The van der Waals surface area contributed by atoms with Gasteiger partial charge in [-0.1, -0.05) is 32.9 Å². The van der Waals surface area contributed by atoms with Crippen LogP contribution >= 0.6 is 0 Å². The average molecular weight is 501 g/mol. The van der Waals surface area contributed by atoms with Crippen molar-refractivity contribution in [2.45, 2.75) is 65.7 Å². The Morgan fingerprint density at radius 1 is 1.17 bits per heavy atom. The first-order chi connectivity index (χ1) is 17.0. The normalized spacial score (nSPS) is 28.8. The molecule has 0 aromatic heterocycles. The van der Waals surface area contributed by atoms with Crippen molar-refractivity contribution in [3.8, 4) is 11.5 Å². The molecule has 1 fully saturated rings. The van der Waals surface area contributed by atoms with Crippen LogP contribution < -0.4 is 0 Å². The number of carboxylic acid groups (broad SMARTS) is 1. The minimum atomic E-state index is -0.806. The second-order valence-electron chi connectivity index (χ2n) is 11.0. The zero-order valence-corrected chi connectivity index (χ0v) is 21.6. The van der Waals surface area contributed by atoms with Gasteiger partial charge in [0, 0.05) is 23.7 Å². The number of carbonyl (C=O) groups is 2. The van der Waals surface area contributed by atoms with Gasteiger partial charge in [-0.2, -0.15) is 0 Å². The lowest BCUT2D eigenvalue weighted by molar-refractivity contribution is -0.139. The van der Waals surface area contributed by atoms with Gasteiger partial charge < -0.3 is 25.2 Å². The third-order valence-corrected chi connectivity index (χ3v) is 8.94. The number of hydrogen-bond donors (Lipinski definition) is 4. The Balaban J connectivity index is 1.63. The summed E-state index contributed by atoms with van der Waals surface area (Å²) in [6, 6.07) is 4.27. The number of aliphatic hydroxyl groups is 1. The number of carbonyl (C=O) groups excluding carboxylic acids is 1. The fourth-order valence-corrected chi connectivity index (χ4v) is 6.51. The summed E-state index contributed by atoms with van der Waals surface area (Å²) in [6.45, 7) is 6.88. The summed E-state index contributed by atoms with van der Waals surface area (Å²) < 4.78 is 5.47. The lowest BCUT2D eigenvalue weighted by Crippen LogP contribution is -2.51. The molecule has 0 radical (unpaired) electrons. The number of allylic oxidation sites excluding steroid dienone is 1. The van der Waals surface area contributed by atoms with E-state index in [1.807, 2.05) is 6.08 Å². The number of esters is 1. The molecule has 0 unspecified atom stereocenters. The fourth-order valence-electron chi connectivity index (χ4n) is 6.51. The molecule has 7 heteroatoms. The maximum Gasteiger partial charge on any atom is 0.331 e. The van der Waals surface area contributed by atoms with Crippen molar-refractivity contribution in [1.29, 1.82) is 0 Å². The minimum Gasteiger partial charge on any atom is -0.504 e. The molecule has 1 saturated carbocycles. The highest BCUT2D eigenvalue weighted by Gasteiger charge is 2.55. The summed E-state index contributed by atoms with van der Waals surface area (Å²) >= 11 is 0. The van der Waals surface area contributed by atoms with Gasteiger partial charge in [-0.3, -0.25) is 0 Å². The van der Waals surface area contributed by atoms with Gasteiger partial charge in [0.05, 0.1) is 6.61 Å². The molecule has 198 valence electrons. The van der Waals surface area contributed by atoms with Crippen LogP contribution in [0.4, 0.5) is 0 Å². The Labute approximate surface area is 213 Å². The summed E-state index contributed by atoms with van der Waals surface area (Å²) in [7, 11) is 0. The molecule has 1 aromatic carbocycles. The Morgan fingerprint density at radius 3 is 2.58 bits per heavy atom. The molecule has 4 N–H and O–H groups in total. The van der Waals surface area contributed by atoms with Crippen molar-refractivity contribution in [3.63, 3.8) is 0 Å². The van der Waals surface area contributed by atoms with E-state index in [2.05, 4.69) is 20.8 Å². The number of benzene rings is 1. The van der Waals surface area contributed by atoms with E-state index in [1.54, 1.807) is 6.07 Å². The average Bonchev–Trinajstić information content (AvgIpc) is 2.84. The highest BCUT2D eigenvalue weighted by molar-refractivity contribution is 5.88. The van der Waals surface area contributed by atoms with Crippen molar-refractivity contribution in [2.75, 3.05) is 13.2 Å². The van der Waals surface area contributed by atoms with Crippen LogP contribution in [0.15, 0.2) is 35.9 Å². The van der Waals surface area contributed by atoms with Gasteiger partial charge in [0.1, 0.15) is 0 Å². The van der Waals surface area contributed by atoms with Crippen LogP contribution in [0.25, 0.3) is 6.08 Å². The summed E-state index contributed by atoms with van der Waals surface area (Å²) in [5.74, 6) is -1.10. The van der Waals surface area contributed by atoms with Crippen LogP contribution in [-0.2, 0) is 14.3 Å². The Hall–Kier alpha value is -2.80. The molecule has 0 aliphatic heterocycles. The van der Waals surface area contributed by atoms with Crippen LogP contribution in [0.5, 0.6) is 11.5 Å². The number of aliphatic hydroxyl groups excluding tert-OH is 1. The SMILES string of the molecule is C[C@H]1CC[C@@]2(C)C(C(=O)O)=CCC[C@@H]2[C@@]1(C)CC[C@@H](CCO)COC(=O)C=Cc1ccc(O)c(O)c1. The fraction of sp³-hybridized carbons (Fsp3) is 0.586. The number of hydrogen-bond acceptors (Lipinski definition) is 6. The number of fused-ring (bicyclic) bond motifs is 1. The Bertz CT molecular complexity index is 1010. The van der Waals surface area contributed by atoms with Crippen molar-refractivity contribution in [2.24, 2.45) is 28.6 Å². The Morgan fingerprint density at radius 2 is 1.92 bits per heavy atom. The third kappa shape index (κ3) is 5.94. The van der Waals surface area contributed by atoms with Gasteiger partial charge in [-0.25, -0.2) is 9.59 Å². The number of aromatic hydroxyl groups is 2. The molecule has 0 bridgehead atoms. The predicted molar refractivity (Wildman–Crippen MR) is 137 cm³/mol. The Kier molecular flexibility index (Phi) is 8.88. The molecule has 5 atom stereocenters. The zero-order valence-electron chi connectivity index (χ0n) is 21.6. The van der Waals surface area contributed by atoms with E-state index in [0.717, 1.165) is 38.5 Å². The van der Waals surface area contributed by atoms with Crippen LogP contribution in [0, 0.1) is 28.6 Å². The molecule has 0 heterocycles. The van der Waals surface area contributed by atoms with Crippen molar-refractivity contribution in [1.82, 2.24) is 0 Å². The smallest absolute Gasteiger partial charge is 0.331 e. The summed E-state index contributed by atoms with van der Waals surface area (Å²) in [5.41, 5.74) is 0.739. The molecule has 0 spiro atoms. The molecule has 36 heavy (non-hydrogen) atoms. The van der Waals surface area contributed by atoms with E-state index in [-0.39, 0.29) is 47.4 Å². The van der Waals surface area contributed by atoms with Crippen LogP contribution in [0.1, 0.15) is 71.3 Å². The quantitative estimate of drug-likeness (QED) is 0.195. The van der Waals surface area contributed by atoms with Gasteiger partial charge in [0.15, 0.2) is 11.5 Å². The van der Waals surface area contributed by atoms with Gasteiger partial charge >= 0.3 is 11.9 Å². The topological polar surface area (TPSA) is 124 Å². The van der Waals surface area contributed by atoms with Gasteiger partial charge in [-0.15, -0.1) is 0 Å². The second-order valence-corrected chi connectivity index (χ2v) is 11.0. The third-order valence-electron chi connectivity index (χ3n) is 8.94. The van der Waals surface area contributed by atoms with E-state index >= 15 is 0 Å². The van der Waals surface area contributed by atoms with E-state index in [1.165, 1.54) is 24.3 Å². The van der Waals surface area contributed by atoms with Crippen LogP contribution in [0.3, 0.4) is 0 Å². The molecule has 3 rings (SSSR count). The van der Waals surface area contributed by atoms with E-state index in [0.29, 0.717) is 23.5 Å². The molecule has 1 aromatic rings. The van der Waals surface area contributed by atoms with Crippen molar-refractivity contribution < 1.29 is 34.8 Å². The maximum absolute atomic E-state index is 12.3. The van der Waals surface area contributed by atoms with E-state index < -0.39 is 11.9 Å². The molecule has 0 amide bonds. The number of ether oxygens (including phenoxy) is 1. The number of phenols is 2. The van der Waals surface area contributed by atoms with Crippen molar-refractivity contribution in [3.05, 3.63) is 41.5 Å². The van der Waals surface area contributed by atoms with Gasteiger partial charge in [0.25, 0.3) is 0 Å². The highest BCUT2D eigenvalue weighted by atomic mass is 16.5. The zero-order chi connectivity index (χ0) is 26.5. The number of aliphatic carboxylic acids is 1. The second kappa shape index (κ2) is 11.5.